The number of rotatable bonds is 7. The maximum absolute atomic E-state index is 12.4. The Kier molecular flexibility index (Phi) is 7.78. The highest BCUT2D eigenvalue weighted by Gasteiger charge is 2.42. The van der Waals surface area contributed by atoms with E-state index in [9.17, 15) is 9.59 Å². The van der Waals surface area contributed by atoms with Crippen molar-refractivity contribution >= 4 is 12.2 Å². The van der Waals surface area contributed by atoms with Gasteiger partial charge in [-0.2, -0.15) is 0 Å². The Bertz CT molecular complexity index is 885. The maximum Gasteiger partial charge on any atom is 0.407 e. The van der Waals surface area contributed by atoms with Crippen molar-refractivity contribution in [3.8, 4) is 0 Å². The van der Waals surface area contributed by atoms with Crippen LogP contribution in [0.1, 0.15) is 51.2 Å². The number of amides is 2. The van der Waals surface area contributed by atoms with E-state index in [1.54, 1.807) is 0 Å². The molecule has 172 valence electrons. The van der Waals surface area contributed by atoms with Gasteiger partial charge in [-0.05, 0) is 41.2 Å². The van der Waals surface area contributed by atoms with Gasteiger partial charge < -0.3 is 20.1 Å². The van der Waals surface area contributed by atoms with Crippen molar-refractivity contribution in [2.75, 3.05) is 6.54 Å². The molecule has 6 nitrogen and oxygen atoms in total. The molecule has 2 atom stereocenters. The van der Waals surface area contributed by atoms with Crippen molar-refractivity contribution in [3.63, 3.8) is 0 Å². The summed E-state index contributed by atoms with van der Waals surface area (Å²) in [5, 5.41) is 5.95. The van der Waals surface area contributed by atoms with Crippen molar-refractivity contribution in [2.24, 2.45) is 10.8 Å². The summed E-state index contributed by atoms with van der Waals surface area (Å²) < 4.78 is 10.7. The number of nitrogens with one attached hydrogen (secondary N) is 2. The lowest BCUT2D eigenvalue weighted by molar-refractivity contribution is 0.0610. The first-order chi connectivity index (χ1) is 15.2. The second-order valence-electron chi connectivity index (χ2n) is 9.88. The molecule has 0 spiro atoms. The summed E-state index contributed by atoms with van der Waals surface area (Å²) in [6, 6.07) is 19.2. The van der Waals surface area contributed by atoms with E-state index in [-0.39, 0.29) is 30.1 Å². The normalized spacial score (nSPS) is 21.9. The van der Waals surface area contributed by atoms with E-state index < -0.39 is 12.2 Å². The second kappa shape index (κ2) is 10.5. The number of ether oxygens (including phenoxy) is 2. The summed E-state index contributed by atoms with van der Waals surface area (Å²) >= 11 is 0. The van der Waals surface area contributed by atoms with Crippen LogP contribution in [0.5, 0.6) is 0 Å². The van der Waals surface area contributed by atoms with Crippen molar-refractivity contribution in [3.05, 3.63) is 71.8 Å². The Labute approximate surface area is 190 Å². The van der Waals surface area contributed by atoms with Gasteiger partial charge in [0.15, 0.2) is 0 Å². The molecular weight excluding hydrogens is 404 g/mol. The van der Waals surface area contributed by atoms with Crippen molar-refractivity contribution in [2.45, 2.75) is 59.3 Å². The van der Waals surface area contributed by atoms with Gasteiger partial charge in [-0.25, -0.2) is 9.59 Å². The Morgan fingerprint density at radius 2 is 1.38 bits per heavy atom. The van der Waals surface area contributed by atoms with Gasteiger partial charge in [0.05, 0.1) is 0 Å². The third-order valence-electron chi connectivity index (χ3n) is 5.85. The summed E-state index contributed by atoms with van der Waals surface area (Å²) in [5.74, 6) is 0. The average molecular weight is 439 g/mol. The molecular formula is C26H34N2O4. The Balaban J connectivity index is 1.48. The standard InChI is InChI=1S/C26H34N2O4/c1-25(2)14-22(28-24(30)32-17-21-12-8-5-9-13-21)15-26(3,18-25)19-27-23(29)31-16-20-10-6-4-7-11-20/h4-13,22H,14-19H2,1-3H3,(H,27,29)(H,28,30). The minimum atomic E-state index is -0.426. The fraction of sp³-hybridized carbons (Fsp3) is 0.462. The molecule has 0 aromatic heterocycles. The molecule has 3 rings (SSSR count). The first-order valence-corrected chi connectivity index (χ1v) is 11.1. The lowest BCUT2D eigenvalue weighted by atomic mass is 9.62. The molecule has 0 bridgehead atoms. The topological polar surface area (TPSA) is 76.7 Å². The van der Waals surface area contributed by atoms with Gasteiger partial charge in [-0.3, -0.25) is 0 Å². The van der Waals surface area contributed by atoms with E-state index in [1.165, 1.54) is 0 Å². The monoisotopic (exact) mass is 438 g/mol. The van der Waals surface area contributed by atoms with Crippen molar-refractivity contribution in [1.82, 2.24) is 10.6 Å². The molecule has 0 radical (unpaired) electrons. The fourth-order valence-corrected chi connectivity index (χ4v) is 4.86. The number of hydrogen-bond donors (Lipinski definition) is 2. The van der Waals surface area contributed by atoms with Gasteiger partial charge in [0, 0.05) is 12.6 Å². The van der Waals surface area contributed by atoms with Gasteiger partial charge in [0.1, 0.15) is 13.2 Å². The predicted molar refractivity (Wildman–Crippen MR) is 124 cm³/mol. The lowest BCUT2D eigenvalue weighted by Crippen LogP contribution is -2.50. The number of hydrogen-bond acceptors (Lipinski definition) is 4. The Hall–Kier alpha value is -3.02. The quantitative estimate of drug-likeness (QED) is 0.605. The zero-order valence-electron chi connectivity index (χ0n) is 19.2. The van der Waals surface area contributed by atoms with Crippen LogP contribution in [0, 0.1) is 10.8 Å². The van der Waals surface area contributed by atoms with Crippen LogP contribution in [0.15, 0.2) is 60.7 Å². The zero-order valence-corrected chi connectivity index (χ0v) is 19.2. The lowest BCUT2D eigenvalue weighted by Gasteiger charge is -2.46. The van der Waals surface area contributed by atoms with E-state index in [0.717, 1.165) is 30.4 Å². The number of carbonyl (C=O) groups is 2. The van der Waals surface area contributed by atoms with Crippen LogP contribution in [0.2, 0.25) is 0 Å². The van der Waals surface area contributed by atoms with Crippen LogP contribution < -0.4 is 10.6 Å². The summed E-state index contributed by atoms with van der Waals surface area (Å²) in [5.41, 5.74) is 1.77. The number of carbonyl (C=O) groups excluding carboxylic acids is 2. The van der Waals surface area contributed by atoms with E-state index in [2.05, 4.69) is 31.4 Å². The molecule has 0 aliphatic heterocycles. The van der Waals surface area contributed by atoms with Crippen LogP contribution in [-0.2, 0) is 22.7 Å². The van der Waals surface area contributed by atoms with Gasteiger partial charge >= 0.3 is 12.2 Å². The van der Waals surface area contributed by atoms with E-state index >= 15 is 0 Å². The van der Waals surface area contributed by atoms with Gasteiger partial charge in [0.2, 0.25) is 0 Å². The van der Waals surface area contributed by atoms with E-state index in [0.29, 0.717) is 6.54 Å². The van der Waals surface area contributed by atoms with E-state index in [4.69, 9.17) is 9.47 Å². The molecule has 2 aromatic carbocycles. The first kappa shape index (κ1) is 23.6. The molecule has 1 saturated carbocycles. The SMILES string of the molecule is CC1(C)CC(NC(=O)OCc2ccccc2)CC(C)(CNC(=O)OCc2ccccc2)C1. The Morgan fingerprint density at radius 1 is 0.844 bits per heavy atom. The van der Waals surface area contributed by atoms with Crippen LogP contribution >= 0.6 is 0 Å². The minimum absolute atomic E-state index is 0.0193. The van der Waals surface area contributed by atoms with Crippen LogP contribution in [0.3, 0.4) is 0 Å². The van der Waals surface area contributed by atoms with Crippen molar-refractivity contribution < 1.29 is 19.1 Å². The molecule has 2 amide bonds. The third kappa shape index (κ3) is 7.59. The summed E-state index contributed by atoms with van der Waals surface area (Å²) in [7, 11) is 0. The third-order valence-corrected chi connectivity index (χ3v) is 5.85. The van der Waals surface area contributed by atoms with Crippen LogP contribution in [0.25, 0.3) is 0 Å². The van der Waals surface area contributed by atoms with Crippen LogP contribution in [-0.4, -0.2) is 24.8 Å². The highest BCUT2D eigenvalue weighted by Crippen LogP contribution is 2.45. The summed E-state index contributed by atoms with van der Waals surface area (Å²) in [6.45, 7) is 7.52. The van der Waals surface area contributed by atoms with Crippen molar-refractivity contribution in [1.29, 1.82) is 0 Å². The smallest absolute Gasteiger partial charge is 0.407 e. The molecule has 2 N–H and O–H groups in total. The zero-order chi connectivity index (χ0) is 23.0. The molecule has 2 unspecified atom stereocenters. The van der Waals surface area contributed by atoms with Gasteiger partial charge in [0.25, 0.3) is 0 Å². The molecule has 6 heteroatoms. The number of benzene rings is 2. The predicted octanol–water partition coefficient (Wildman–Crippen LogP) is 5.42. The summed E-state index contributed by atoms with van der Waals surface area (Å²) in [4.78, 5) is 24.6. The minimum Gasteiger partial charge on any atom is -0.445 e. The van der Waals surface area contributed by atoms with Crippen LogP contribution in [0.4, 0.5) is 9.59 Å². The molecule has 2 aromatic rings. The molecule has 1 fully saturated rings. The second-order valence-corrected chi connectivity index (χ2v) is 9.88. The largest absolute Gasteiger partial charge is 0.445 e. The molecule has 1 aliphatic rings. The molecule has 1 aliphatic carbocycles. The highest BCUT2D eigenvalue weighted by molar-refractivity contribution is 5.68. The highest BCUT2D eigenvalue weighted by atomic mass is 16.6. The molecule has 32 heavy (non-hydrogen) atoms. The molecule has 0 saturated heterocycles. The Morgan fingerprint density at radius 3 is 1.94 bits per heavy atom. The van der Waals surface area contributed by atoms with Gasteiger partial charge in [-0.1, -0.05) is 81.4 Å². The summed E-state index contributed by atoms with van der Waals surface area (Å²) in [6.07, 6.45) is 1.73. The first-order valence-electron chi connectivity index (χ1n) is 11.1. The fourth-order valence-electron chi connectivity index (χ4n) is 4.86. The average Bonchev–Trinajstić information content (AvgIpc) is 2.75. The number of alkyl carbamates (subject to hydrolysis) is 2. The van der Waals surface area contributed by atoms with E-state index in [1.807, 2.05) is 60.7 Å². The maximum atomic E-state index is 12.4. The van der Waals surface area contributed by atoms with Gasteiger partial charge in [-0.15, -0.1) is 0 Å². The molecule has 0 heterocycles.